The highest BCUT2D eigenvalue weighted by atomic mass is 16.6. The molecule has 1 rings (SSSR count). The van der Waals surface area contributed by atoms with Crippen LogP contribution in [-0.2, 0) is 4.74 Å². The Labute approximate surface area is 116 Å². The van der Waals surface area contributed by atoms with Crippen LogP contribution in [0.3, 0.4) is 0 Å². The third-order valence-electron chi connectivity index (χ3n) is 3.47. The first-order valence-corrected chi connectivity index (χ1v) is 7.20. The fourth-order valence-corrected chi connectivity index (χ4v) is 2.38. The minimum atomic E-state index is -0.443. The van der Waals surface area contributed by atoms with Crippen LogP contribution in [0.25, 0.3) is 0 Å². The molecule has 0 aromatic heterocycles. The number of rotatable bonds is 3. The lowest BCUT2D eigenvalue weighted by Gasteiger charge is -2.41. The normalized spacial score (nSPS) is 26.1. The van der Waals surface area contributed by atoms with E-state index in [1.165, 1.54) is 0 Å². The topological polar surface area (TPSA) is 67.6 Å². The summed E-state index contributed by atoms with van der Waals surface area (Å²) in [6.07, 6.45) is 1.86. The molecule has 0 aromatic rings. The maximum absolute atomic E-state index is 12.2. The number of nitrogens with one attached hydrogen (secondary N) is 1. The number of nitrogens with zero attached hydrogens (tertiary/aromatic N) is 1. The predicted octanol–water partition coefficient (Wildman–Crippen LogP) is 1.71. The highest BCUT2D eigenvalue weighted by molar-refractivity contribution is 5.68. The standard InChI is InChI=1S/C14H29N3O2/c1-10(9-15)16-12-7-6-8-17(11(12)2)13(18)19-14(3,4)5/h10-12,16H,6-9,15H2,1-5H3. The minimum absolute atomic E-state index is 0.137. The molecule has 3 atom stereocenters. The Hall–Kier alpha value is -0.810. The van der Waals surface area contributed by atoms with Crippen LogP contribution >= 0.6 is 0 Å². The summed E-state index contributed by atoms with van der Waals surface area (Å²) in [6, 6.07) is 0.698. The molecule has 0 bridgehead atoms. The molecule has 1 heterocycles. The number of likely N-dealkylation sites (tertiary alicyclic amines) is 1. The molecule has 1 saturated heterocycles. The highest BCUT2D eigenvalue weighted by Gasteiger charge is 2.33. The zero-order valence-electron chi connectivity index (χ0n) is 12.9. The van der Waals surface area contributed by atoms with E-state index >= 15 is 0 Å². The van der Waals surface area contributed by atoms with Gasteiger partial charge >= 0.3 is 6.09 Å². The van der Waals surface area contributed by atoms with Gasteiger partial charge in [-0.25, -0.2) is 4.79 Å². The molecule has 0 radical (unpaired) electrons. The molecule has 0 saturated carbocycles. The molecule has 3 unspecified atom stereocenters. The molecule has 112 valence electrons. The second kappa shape index (κ2) is 6.57. The zero-order chi connectivity index (χ0) is 14.6. The van der Waals surface area contributed by atoms with Crippen molar-refractivity contribution in [2.24, 2.45) is 5.73 Å². The van der Waals surface area contributed by atoms with Gasteiger partial charge in [0.15, 0.2) is 0 Å². The van der Waals surface area contributed by atoms with E-state index < -0.39 is 5.60 Å². The highest BCUT2D eigenvalue weighted by Crippen LogP contribution is 2.21. The van der Waals surface area contributed by atoms with E-state index in [1.807, 2.05) is 25.7 Å². The number of hydrogen-bond acceptors (Lipinski definition) is 4. The zero-order valence-corrected chi connectivity index (χ0v) is 12.9. The van der Waals surface area contributed by atoms with Crippen molar-refractivity contribution in [3.63, 3.8) is 0 Å². The van der Waals surface area contributed by atoms with Gasteiger partial charge in [-0.3, -0.25) is 0 Å². The van der Waals surface area contributed by atoms with Gasteiger partial charge < -0.3 is 20.7 Å². The molecule has 1 aliphatic rings. The third-order valence-corrected chi connectivity index (χ3v) is 3.47. The molecule has 0 aromatic carbocycles. The van der Waals surface area contributed by atoms with E-state index in [1.54, 1.807) is 0 Å². The first kappa shape index (κ1) is 16.2. The van der Waals surface area contributed by atoms with Crippen LogP contribution in [0.4, 0.5) is 4.79 Å². The first-order valence-electron chi connectivity index (χ1n) is 7.20. The molecule has 1 fully saturated rings. The van der Waals surface area contributed by atoms with Crippen molar-refractivity contribution in [3.8, 4) is 0 Å². The molecule has 0 aliphatic carbocycles. The second-order valence-corrected chi connectivity index (χ2v) is 6.47. The van der Waals surface area contributed by atoms with Gasteiger partial charge in [0.25, 0.3) is 0 Å². The summed E-state index contributed by atoms with van der Waals surface area (Å²) in [5.74, 6) is 0. The summed E-state index contributed by atoms with van der Waals surface area (Å²) in [6.45, 7) is 11.2. The summed E-state index contributed by atoms with van der Waals surface area (Å²) >= 11 is 0. The summed E-state index contributed by atoms with van der Waals surface area (Å²) in [5, 5.41) is 3.49. The molecule has 5 nitrogen and oxygen atoms in total. The van der Waals surface area contributed by atoms with Gasteiger partial charge in [-0.1, -0.05) is 0 Å². The quantitative estimate of drug-likeness (QED) is 0.820. The molecular formula is C14H29N3O2. The number of hydrogen-bond donors (Lipinski definition) is 2. The smallest absolute Gasteiger partial charge is 0.410 e. The first-order chi connectivity index (χ1) is 8.74. The SMILES string of the molecule is CC(CN)NC1CCCN(C(=O)OC(C)(C)C)C1C. The van der Waals surface area contributed by atoms with E-state index in [9.17, 15) is 4.79 Å². The fraction of sp³-hybridized carbons (Fsp3) is 0.929. The molecule has 3 N–H and O–H groups in total. The maximum atomic E-state index is 12.2. The van der Waals surface area contributed by atoms with Crippen molar-refractivity contribution >= 4 is 6.09 Å². The predicted molar refractivity (Wildman–Crippen MR) is 77.1 cm³/mol. The van der Waals surface area contributed by atoms with Crippen molar-refractivity contribution in [3.05, 3.63) is 0 Å². The average molecular weight is 271 g/mol. The molecule has 5 heteroatoms. The fourth-order valence-electron chi connectivity index (χ4n) is 2.38. The van der Waals surface area contributed by atoms with Gasteiger partial charge in [0.1, 0.15) is 5.60 Å². The van der Waals surface area contributed by atoms with Gasteiger partial charge in [-0.05, 0) is 47.5 Å². The lowest BCUT2D eigenvalue weighted by Crippen LogP contribution is -2.57. The van der Waals surface area contributed by atoms with Crippen molar-refractivity contribution in [1.82, 2.24) is 10.2 Å². The number of nitrogens with two attached hydrogens (primary N) is 1. The molecule has 1 aliphatic heterocycles. The van der Waals surface area contributed by atoms with E-state index in [2.05, 4.69) is 19.2 Å². The van der Waals surface area contributed by atoms with Crippen LogP contribution < -0.4 is 11.1 Å². The van der Waals surface area contributed by atoms with Gasteiger partial charge in [-0.15, -0.1) is 0 Å². The maximum Gasteiger partial charge on any atom is 0.410 e. The van der Waals surface area contributed by atoms with E-state index in [0.717, 1.165) is 19.4 Å². The second-order valence-electron chi connectivity index (χ2n) is 6.47. The molecular weight excluding hydrogens is 242 g/mol. The number of carbonyl (C=O) groups is 1. The molecule has 1 amide bonds. The van der Waals surface area contributed by atoms with Gasteiger partial charge in [0, 0.05) is 31.2 Å². The summed E-state index contributed by atoms with van der Waals surface area (Å²) in [7, 11) is 0. The van der Waals surface area contributed by atoms with Crippen molar-refractivity contribution < 1.29 is 9.53 Å². The van der Waals surface area contributed by atoms with Crippen LogP contribution in [0.15, 0.2) is 0 Å². The van der Waals surface area contributed by atoms with E-state index in [4.69, 9.17) is 10.5 Å². The number of carbonyl (C=O) groups excluding carboxylic acids is 1. The van der Waals surface area contributed by atoms with Gasteiger partial charge in [0.2, 0.25) is 0 Å². The lowest BCUT2D eigenvalue weighted by atomic mass is 9.97. The Morgan fingerprint density at radius 1 is 1.53 bits per heavy atom. The number of piperidine rings is 1. The third kappa shape index (κ3) is 4.99. The Bertz CT molecular complexity index is 302. The van der Waals surface area contributed by atoms with Crippen LogP contribution in [0.1, 0.15) is 47.5 Å². The number of ether oxygens (including phenoxy) is 1. The van der Waals surface area contributed by atoms with Crippen molar-refractivity contribution in [1.29, 1.82) is 0 Å². The van der Waals surface area contributed by atoms with E-state index in [0.29, 0.717) is 12.6 Å². The summed E-state index contributed by atoms with van der Waals surface area (Å²) < 4.78 is 5.46. The van der Waals surface area contributed by atoms with E-state index in [-0.39, 0.29) is 18.2 Å². The Morgan fingerprint density at radius 2 is 2.16 bits per heavy atom. The average Bonchev–Trinajstić information content (AvgIpc) is 2.29. The Kier molecular flexibility index (Phi) is 5.62. The van der Waals surface area contributed by atoms with Crippen molar-refractivity contribution in [2.75, 3.05) is 13.1 Å². The summed E-state index contributed by atoms with van der Waals surface area (Å²) in [5.41, 5.74) is 5.20. The van der Waals surface area contributed by atoms with Gasteiger partial charge in [-0.2, -0.15) is 0 Å². The van der Waals surface area contributed by atoms with Crippen LogP contribution in [0.2, 0.25) is 0 Å². The largest absolute Gasteiger partial charge is 0.444 e. The van der Waals surface area contributed by atoms with Crippen LogP contribution in [0, 0.1) is 0 Å². The van der Waals surface area contributed by atoms with Crippen LogP contribution in [-0.4, -0.2) is 47.8 Å². The minimum Gasteiger partial charge on any atom is -0.444 e. The van der Waals surface area contributed by atoms with Crippen molar-refractivity contribution in [2.45, 2.75) is 71.2 Å². The lowest BCUT2D eigenvalue weighted by molar-refractivity contribution is 0.00651. The molecule has 0 spiro atoms. The number of amides is 1. The summed E-state index contributed by atoms with van der Waals surface area (Å²) in [4.78, 5) is 14.0. The van der Waals surface area contributed by atoms with Gasteiger partial charge in [0.05, 0.1) is 0 Å². The van der Waals surface area contributed by atoms with Crippen LogP contribution in [0.5, 0.6) is 0 Å². The monoisotopic (exact) mass is 271 g/mol. The Morgan fingerprint density at radius 3 is 2.68 bits per heavy atom. The molecule has 19 heavy (non-hydrogen) atoms. The Balaban J connectivity index is 2.62.